The van der Waals surface area contributed by atoms with Crippen molar-refractivity contribution in [2.45, 2.75) is 51.0 Å². The number of aromatic nitrogens is 2. The summed E-state index contributed by atoms with van der Waals surface area (Å²) in [6.45, 7) is 1.70. The summed E-state index contributed by atoms with van der Waals surface area (Å²) in [7, 11) is 0. The van der Waals surface area contributed by atoms with Gasteiger partial charge in [0.2, 0.25) is 0 Å². The number of rotatable bonds is 3. The maximum atomic E-state index is 12.2. The van der Waals surface area contributed by atoms with Crippen LogP contribution in [0.4, 0.5) is 5.82 Å². The van der Waals surface area contributed by atoms with E-state index in [-0.39, 0.29) is 5.91 Å². The van der Waals surface area contributed by atoms with Crippen LogP contribution in [0.5, 0.6) is 0 Å². The molecule has 0 bridgehead atoms. The molecule has 108 valence electrons. The molecule has 1 aliphatic heterocycles. The van der Waals surface area contributed by atoms with Crippen molar-refractivity contribution in [3.05, 3.63) is 18.1 Å². The maximum Gasteiger partial charge on any atom is 0.274 e. The van der Waals surface area contributed by atoms with Crippen molar-refractivity contribution in [2.75, 3.05) is 18.4 Å². The van der Waals surface area contributed by atoms with Gasteiger partial charge in [0.05, 0.1) is 12.4 Å². The molecule has 1 aromatic rings. The Morgan fingerprint density at radius 1 is 1.05 bits per heavy atom. The highest BCUT2D eigenvalue weighted by molar-refractivity contribution is 5.92. The van der Waals surface area contributed by atoms with Crippen LogP contribution in [-0.4, -0.2) is 39.9 Å². The van der Waals surface area contributed by atoms with Crippen LogP contribution in [0.3, 0.4) is 0 Å². The Morgan fingerprint density at radius 3 is 2.45 bits per heavy atom. The third-order valence-corrected chi connectivity index (χ3v) is 4.22. The quantitative estimate of drug-likeness (QED) is 0.920. The Kier molecular flexibility index (Phi) is 4.14. The van der Waals surface area contributed by atoms with E-state index in [0.717, 1.165) is 31.7 Å². The lowest BCUT2D eigenvalue weighted by molar-refractivity contribution is 0.0786. The van der Waals surface area contributed by atoms with Crippen molar-refractivity contribution in [1.29, 1.82) is 0 Å². The van der Waals surface area contributed by atoms with Gasteiger partial charge >= 0.3 is 0 Å². The summed E-state index contributed by atoms with van der Waals surface area (Å²) >= 11 is 0. The van der Waals surface area contributed by atoms with Gasteiger partial charge in [0.1, 0.15) is 11.5 Å². The zero-order chi connectivity index (χ0) is 13.8. The Bertz CT molecular complexity index is 447. The monoisotopic (exact) mass is 274 g/mol. The van der Waals surface area contributed by atoms with Crippen molar-refractivity contribution in [1.82, 2.24) is 14.9 Å². The lowest BCUT2D eigenvalue weighted by Gasteiger charge is -2.23. The Morgan fingerprint density at radius 2 is 1.80 bits per heavy atom. The summed E-state index contributed by atoms with van der Waals surface area (Å²) in [5.74, 6) is 0.800. The van der Waals surface area contributed by atoms with E-state index in [1.54, 1.807) is 12.4 Å². The lowest BCUT2D eigenvalue weighted by Crippen LogP contribution is -2.28. The van der Waals surface area contributed by atoms with Gasteiger partial charge in [-0.25, -0.2) is 9.97 Å². The second kappa shape index (κ2) is 6.20. The van der Waals surface area contributed by atoms with Gasteiger partial charge in [0.15, 0.2) is 0 Å². The lowest BCUT2D eigenvalue weighted by atomic mass is 9.96. The minimum Gasteiger partial charge on any atom is -0.366 e. The fourth-order valence-corrected chi connectivity index (χ4v) is 3.05. The first-order valence-electron chi connectivity index (χ1n) is 7.71. The average Bonchev–Trinajstić information content (AvgIpc) is 3.03. The highest BCUT2D eigenvalue weighted by Crippen LogP contribution is 2.20. The number of anilines is 1. The molecule has 1 saturated carbocycles. The summed E-state index contributed by atoms with van der Waals surface area (Å²) in [5, 5.41) is 3.42. The number of nitrogens with one attached hydrogen (secondary N) is 1. The smallest absolute Gasteiger partial charge is 0.274 e. The fraction of sp³-hybridized carbons (Fsp3) is 0.667. The molecule has 3 rings (SSSR count). The molecule has 5 nitrogen and oxygen atoms in total. The first-order chi connectivity index (χ1) is 9.83. The van der Waals surface area contributed by atoms with Crippen LogP contribution in [0.25, 0.3) is 0 Å². The zero-order valence-electron chi connectivity index (χ0n) is 11.8. The van der Waals surface area contributed by atoms with Crippen LogP contribution in [-0.2, 0) is 0 Å². The van der Waals surface area contributed by atoms with E-state index < -0.39 is 0 Å². The third kappa shape index (κ3) is 3.08. The van der Waals surface area contributed by atoms with Gasteiger partial charge < -0.3 is 10.2 Å². The maximum absolute atomic E-state index is 12.2. The predicted molar refractivity (Wildman–Crippen MR) is 77.7 cm³/mol. The van der Waals surface area contributed by atoms with Gasteiger partial charge in [0.25, 0.3) is 5.91 Å². The minimum absolute atomic E-state index is 0.0132. The average molecular weight is 274 g/mol. The molecule has 20 heavy (non-hydrogen) atoms. The number of hydrogen-bond donors (Lipinski definition) is 1. The van der Waals surface area contributed by atoms with E-state index in [1.165, 1.54) is 32.1 Å². The van der Waals surface area contributed by atoms with Crippen LogP contribution in [0.1, 0.15) is 55.4 Å². The van der Waals surface area contributed by atoms with Gasteiger partial charge in [0, 0.05) is 19.1 Å². The molecule has 5 heteroatoms. The van der Waals surface area contributed by atoms with E-state index >= 15 is 0 Å². The first-order valence-corrected chi connectivity index (χ1v) is 7.71. The van der Waals surface area contributed by atoms with Crippen LogP contribution >= 0.6 is 0 Å². The number of likely N-dealkylation sites (tertiary alicyclic amines) is 1. The first kappa shape index (κ1) is 13.3. The molecular weight excluding hydrogens is 252 g/mol. The normalized spacial score (nSPS) is 20.1. The van der Waals surface area contributed by atoms with Gasteiger partial charge in [-0.05, 0) is 25.7 Å². The van der Waals surface area contributed by atoms with Gasteiger partial charge in [-0.3, -0.25) is 4.79 Å². The molecule has 1 amide bonds. The number of hydrogen-bond acceptors (Lipinski definition) is 4. The predicted octanol–water partition coefficient (Wildman–Crippen LogP) is 2.46. The number of carbonyl (C=O) groups is 1. The zero-order valence-corrected chi connectivity index (χ0v) is 11.8. The molecular formula is C15H22N4O. The third-order valence-electron chi connectivity index (χ3n) is 4.22. The van der Waals surface area contributed by atoms with Crippen LogP contribution in [0.2, 0.25) is 0 Å². The van der Waals surface area contributed by atoms with Crippen molar-refractivity contribution in [3.8, 4) is 0 Å². The molecule has 0 spiro atoms. The Hall–Kier alpha value is -1.65. The molecule has 0 radical (unpaired) electrons. The van der Waals surface area contributed by atoms with Gasteiger partial charge in [-0.2, -0.15) is 0 Å². The molecule has 2 aliphatic rings. The molecule has 2 heterocycles. The topological polar surface area (TPSA) is 58.1 Å². The summed E-state index contributed by atoms with van der Waals surface area (Å²) in [6.07, 6.45) is 11.8. The molecule has 2 fully saturated rings. The summed E-state index contributed by atoms with van der Waals surface area (Å²) in [5.41, 5.74) is 0.459. The van der Waals surface area contributed by atoms with Crippen molar-refractivity contribution in [3.63, 3.8) is 0 Å². The molecule has 1 N–H and O–H groups in total. The molecule has 1 aromatic heterocycles. The minimum atomic E-state index is 0.0132. The molecule has 1 saturated heterocycles. The van der Waals surface area contributed by atoms with E-state index in [2.05, 4.69) is 15.3 Å². The van der Waals surface area contributed by atoms with E-state index in [1.807, 2.05) is 4.90 Å². The molecule has 0 atom stereocenters. The number of amides is 1. The van der Waals surface area contributed by atoms with E-state index in [0.29, 0.717) is 11.7 Å². The Balaban J connectivity index is 1.60. The molecule has 0 aromatic carbocycles. The summed E-state index contributed by atoms with van der Waals surface area (Å²) in [6, 6.07) is 0.512. The van der Waals surface area contributed by atoms with Gasteiger partial charge in [-0.15, -0.1) is 0 Å². The number of carbonyl (C=O) groups excluding carboxylic acids is 1. The SMILES string of the molecule is O=C(c1cnc(NC2CCCCC2)cn1)N1CCCC1. The second-order valence-electron chi connectivity index (χ2n) is 5.77. The highest BCUT2D eigenvalue weighted by Gasteiger charge is 2.21. The van der Waals surface area contributed by atoms with Crippen molar-refractivity contribution in [2.24, 2.45) is 0 Å². The fourth-order valence-electron chi connectivity index (χ4n) is 3.05. The van der Waals surface area contributed by atoms with Crippen LogP contribution < -0.4 is 5.32 Å². The van der Waals surface area contributed by atoms with E-state index in [4.69, 9.17) is 0 Å². The largest absolute Gasteiger partial charge is 0.366 e. The molecule has 0 unspecified atom stereocenters. The summed E-state index contributed by atoms with van der Waals surface area (Å²) < 4.78 is 0. The highest BCUT2D eigenvalue weighted by atomic mass is 16.2. The number of nitrogens with zero attached hydrogens (tertiary/aromatic N) is 3. The standard InChI is InChI=1S/C15H22N4O/c20-15(19-8-4-5-9-19)13-10-17-14(11-16-13)18-12-6-2-1-3-7-12/h10-12H,1-9H2,(H,17,18). The summed E-state index contributed by atoms with van der Waals surface area (Å²) in [4.78, 5) is 22.6. The van der Waals surface area contributed by atoms with Crippen molar-refractivity contribution < 1.29 is 4.79 Å². The van der Waals surface area contributed by atoms with Crippen molar-refractivity contribution >= 4 is 11.7 Å². The van der Waals surface area contributed by atoms with Crippen LogP contribution in [0.15, 0.2) is 12.4 Å². The van der Waals surface area contributed by atoms with Gasteiger partial charge in [-0.1, -0.05) is 19.3 Å². The Labute approximate surface area is 119 Å². The molecule has 1 aliphatic carbocycles. The van der Waals surface area contributed by atoms with E-state index in [9.17, 15) is 4.79 Å². The second-order valence-corrected chi connectivity index (χ2v) is 5.77. The van der Waals surface area contributed by atoms with Crippen LogP contribution in [0, 0.1) is 0 Å².